The van der Waals surface area contributed by atoms with Crippen LogP contribution in [0.25, 0.3) is 0 Å². The maximum Gasteiger partial charge on any atom is 0.265 e. The van der Waals surface area contributed by atoms with Gasteiger partial charge in [-0.3, -0.25) is 19.5 Å². The van der Waals surface area contributed by atoms with Crippen LogP contribution < -0.4 is 11.1 Å². The van der Waals surface area contributed by atoms with Crippen molar-refractivity contribution in [2.75, 3.05) is 7.05 Å². The summed E-state index contributed by atoms with van der Waals surface area (Å²) >= 11 is 0. The standard InChI is InChI=1S/C17H19N3O3/c1-19(14-8-4-6-12-5-2-3-7-13(12)14)17(23)11-20-16(22)10-9-15(21)18-20/h2-3,5,7,9-10,14H,4,6,8,11H2,1H3,(H,18,21)/t14-/m1/s1. The van der Waals surface area contributed by atoms with Crippen LogP contribution in [0.3, 0.4) is 0 Å². The molecule has 1 aliphatic rings. The number of nitrogens with one attached hydrogen (secondary N) is 1. The van der Waals surface area contributed by atoms with Crippen molar-refractivity contribution in [1.29, 1.82) is 0 Å². The van der Waals surface area contributed by atoms with E-state index in [4.69, 9.17) is 0 Å². The Bertz CT molecular complexity index is 837. The van der Waals surface area contributed by atoms with Crippen molar-refractivity contribution in [2.24, 2.45) is 0 Å². The summed E-state index contributed by atoms with van der Waals surface area (Å²) in [4.78, 5) is 37.3. The number of carbonyl (C=O) groups excluding carboxylic acids is 1. The molecule has 0 spiro atoms. The molecular weight excluding hydrogens is 294 g/mol. The molecule has 0 saturated carbocycles. The molecule has 2 aromatic rings. The van der Waals surface area contributed by atoms with Gasteiger partial charge in [-0.25, -0.2) is 4.68 Å². The number of aromatic nitrogens is 2. The number of likely N-dealkylation sites (N-methyl/N-ethyl adjacent to an activating group) is 1. The Morgan fingerprint density at radius 2 is 2.04 bits per heavy atom. The number of nitrogens with zero attached hydrogens (tertiary/aromatic N) is 2. The topological polar surface area (TPSA) is 75.2 Å². The molecule has 1 aromatic carbocycles. The molecular formula is C17H19N3O3. The van der Waals surface area contributed by atoms with E-state index in [1.54, 1.807) is 11.9 Å². The van der Waals surface area contributed by atoms with E-state index in [1.807, 2.05) is 12.1 Å². The minimum Gasteiger partial charge on any atom is -0.337 e. The Labute approximate surface area is 133 Å². The summed E-state index contributed by atoms with van der Waals surface area (Å²) < 4.78 is 1.05. The van der Waals surface area contributed by atoms with E-state index in [1.165, 1.54) is 17.2 Å². The van der Waals surface area contributed by atoms with Crippen LogP contribution in [0.5, 0.6) is 0 Å². The highest BCUT2D eigenvalue weighted by Crippen LogP contribution is 2.33. The monoisotopic (exact) mass is 313 g/mol. The zero-order valence-corrected chi connectivity index (χ0v) is 13.0. The van der Waals surface area contributed by atoms with Gasteiger partial charge >= 0.3 is 0 Å². The number of aryl methyl sites for hydroxylation is 1. The molecule has 0 unspecified atom stereocenters. The summed E-state index contributed by atoms with van der Waals surface area (Å²) in [6.07, 6.45) is 2.96. The lowest BCUT2D eigenvalue weighted by Crippen LogP contribution is -2.39. The number of hydrogen-bond donors (Lipinski definition) is 1. The first-order valence-corrected chi connectivity index (χ1v) is 7.70. The second-order valence-corrected chi connectivity index (χ2v) is 5.85. The molecule has 1 N–H and O–H groups in total. The zero-order chi connectivity index (χ0) is 16.4. The molecule has 1 aliphatic carbocycles. The van der Waals surface area contributed by atoms with Crippen molar-refractivity contribution >= 4 is 5.91 Å². The second-order valence-electron chi connectivity index (χ2n) is 5.85. The van der Waals surface area contributed by atoms with Crippen molar-refractivity contribution in [3.8, 4) is 0 Å². The molecule has 120 valence electrons. The van der Waals surface area contributed by atoms with Crippen LogP contribution in [-0.4, -0.2) is 27.6 Å². The van der Waals surface area contributed by atoms with E-state index in [-0.39, 0.29) is 18.5 Å². The molecule has 3 rings (SSSR count). The van der Waals surface area contributed by atoms with Gasteiger partial charge in [-0.2, -0.15) is 0 Å². The third-order valence-corrected chi connectivity index (χ3v) is 4.38. The van der Waals surface area contributed by atoms with Crippen molar-refractivity contribution < 1.29 is 4.79 Å². The average molecular weight is 313 g/mol. The predicted molar refractivity (Wildman–Crippen MR) is 86.2 cm³/mol. The number of H-pyrrole nitrogens is 1. The fraction of sp³-hybridized carbons (Fsp3) is 0.353. The highest BCUT2D eigenvalue weighted by atomic mass is 16.2. The molecule has 1 aromatic heterocycles. The van der Waals surface area contributed by atoms with Gasteiger partial charge in [0.2, 0.25) is 5.91 Å². The fourth-order valence-electron chi connectivity index (χ4n) is 3.13. The van der Waals surface area contributed by atoms with Gasteiger partial charge in [-0.1, -0.05) is 24.3 Å². The van der Waals surface area contributed by atoms with Crippen molar-refractivity contribution in [3.63, 3.8) is 0 Å². The molecule has 0 saturated heterocycles. The summed E-state index contributed by atoms with van der Waals surface area (Å²) in [5, 5.41) is 2.38. The molecule has 1 amide bonds. The lowest BCUT2D eigenvalue weighted by atomic mass is 9.87. The lowest BCUT2D eigenvalue weighted by Gasteiger charge is -2.33. The molecule has 1 atom stereocenters. The Morgan fingerprint density at radius 3 is 2.87 bits per heavy atom. The van der Waals surface area contributed by atoms with Crippen molar-refractivity contribution in [2.45, 2.75) is 31.8 Å². The summed E-state index contributed by atoms with van der Waals surface area (Å²) in [7, 11) is 1.75. The van der Waals surface area contributed by atoms with Gasteiger partial charge < -0.3 is 4.90 Å². The number of amides is 1. The third-order valence-electron chi connectivity index (χ3n) is 4.38. The van der Waals surface area contributed by atoms with E-state index in [2.05, 4.69) is 17.2 Å². The van der Waals surface area contributed by atoms with E-state index >= 15 is 0 Å². The Balaban J connectivity index is 1.82. The minimum atomic E-state index is -0.400. The Morgan fingerprint density at radius 1 is 1.26 bits per heavy atom. The molecule has 0 bridgehead atoms. The number of benzene rings is 1. The van der Waals surface area contributed by atoms with Gasteiger partial charge in [-0.05, 0) is 30.4 Å². The van der Waals surface area contributed by atoms with E-state index in [0.717, 1.165) is 30.0 Å². The largest absolute Gasteiger partial charge is 0.337 e. The van der Waals surface area contributed by atoms with E-state index < -0.39 is 11.1 Å². The molecule has 6 nitrogen and oxygen atoms in total. The highest BCUT2D eigenvalue weighted by Gasteiger charge is 2.26. The maximum absolute atomic E-state index is 12.5. The van der Waals surface area contributed by atoms with Crippen LogP contribution in [0.2, 0.25) is 0 Å². The van der Waals surface area contributed by atoms with Gasteiger partial charge in [0.15, 0.2) is 0 Å². The fourth-order valence-corrected chi connectivity index (χ4v) is 3.13. The molecule has 6 heteroatoms. The summed E-state index contributed by atoms with van der Waals surface area (Å²) in [5.74, 6) is -0.198. The van der Waals surface area contributed by atoms with Gasteiger partial charge in [0.05, 0.1) is 6.04 Å². The smallest absolute Gasteiger partial charge is 0.265 e. The number of aromatic amines is 1. The summed E-state index contributed by atoms with van der Waals surface area (Å²) in [6, 6.07) is 10.5. The first-order chi connectivity index (χ1) is 11.1. The third kappa shape index (κ3) is 3.11. The number of fused-ring (bicyclic) bond motifs is 1. The minimum absolute atomic E-state index is 0.0126. The van der Waals surface area contributed by atoms with Crippen LogP contribution in [0.1, 0.15) is 30.0 Å². The van der Waals surface area contributed by atoms with Gasteiger partial charge in [0, 0.05) is 19.2 Å². The number of hydrogen-bond acceptors (Lipinski definition) is 3. The Hall–Kier alpha value is -2.63. The summed E-state index contributed by atoms with van der Waals surface area (Å²) in [6.45, 7) is -0.163. The number of rotatable bonds is 3. The van der Waals surface area contributed by atoms with Gasteiger partial charge in [-0.15, -0.1) is 0 Å². The highest BCUT2D eigenvalue weighted by molar-refractivity contribution is 5.76. The molecule has 0 radical (unpaired) electrons. The number of carbonyl (C=O) groups is 1. The summed E-state index contributed by atoms with van der Waals surface area (Å²) in [5.41, 5.74) is 1.65. The zero-order valence-electron chi connectivity index (χ0n) is 13.0. The quantitative estimate of drug-likeness (QED) is 0.921. The molecule has 0 fully saturated rings. The maximum atomic E-state index is 12.5. The van der Waals surface area contributed by atoms with Crippen LogP contribution in [-0.2, 0) is 17.8 Å². The van der Waals surface area contributed by atoms with Crippen LogP contribution in [0.15, 0.2) is 46.0 Å². The Kier molecular flexibility index (Phi) is 4.14. The first kappa shape index (κ1) is 15.3. The second kappa shape index (κ2) is 6.24. The van der Waals surface area contributed by atoms with Crippen LogP contribution >= 0.6 is 0 Å². The first-order valence-electron chi connectivity index (χ1n) is 7.70. The van der Waals surface area contributed by atoms with E-state index in [0.29, 0.717) is 0 Å². The molecule has 23 heavy (non-hydrogen) atoms. The van der Waals surface area contributed by atoms with Crippen LogP contribution in [0.4, 0.5) is 0 Å². The van der Waals surface area contributed by atoms with Gasteiger partial charge in [0.25, 0.3) is 11.1 Å². The average Bonchev–Trinajstić information content (AvgIpc) is 2.57. The normalized spacial score (nSPS) is 16.7. The lowest BCUT2D eigenvalue weighted by molar-refractivity contribution is -0.133. The van der Waals surface area contributed by atoms with Crippen molar-refractivity contribution in [3.05, 3.63) is 68.2 Å². The van der Waals surface area contributed by atoms with Crippen LogP contribution in [0, 0.1) is 0 Å². The molecule has 1 heterocycles. The van der Waals surface area contributed by atoms with Gasteiger partial charge in [0.1, 0.15) is 6.54 Å². The predicted octanol–water partition coefficient (Wildman–Crippen LogP) is 1.07. The van der Waals surface area contributed by atoms with E-state index in [9.17, 15) is 14.4 Å². The SMILES string of the molecule is CN(C(=O)Cn1[nH]c(=O)ccc1=O)[C@@H]1CCCc2ccccc21. The van der Waals surface area contributed by atoms with Crippen molar-refractivity contribution in [1.82, 2.24) is 14.7 Å². The molecule has 0 aliphatic heterocycles.